The first-order chi connectivity index (χ1) is 9.70. The van der Waals surface area contributed by atoms with E-state index in [0.29, 0.717) is 12.8 Å². The molecular weight excluding hydrogens is 253 g/mol. The lowest BCUT2D eigenvalue weighted by Crippen LogP contribution is -2.27. The number of aromatic nitrogens is 2. The Labute approximate surface area is 118 Å². The number of benzene rings is 1. The molecule has 0 bridgehead atoms. The summed E-state index contributed by atoms with van der Waals surface area (Å²) in [6.07, 6.45) is 3.66. The first-order valence-electron chi connectivity index (χ1n) is 6.64. The number of nitriles is 1. The predicted octanol–water partition coefficient (Wildman–Crippen LogP) is 3.42. The van der Waals surface area contributed by atoms with E-state index in [1.54, 1.807) is 24.4 Å². The van der Waals surface area contributed by atoms with Crippen molar-refractivity contribution < 1.29 is 4.39 Å². The highest BCUT2D eigenvalue weighted by Crippen LogP contribution is 2.32. The number of rotatable bonds is 5. The Bertz CT molecular complexity index is 589. The third-order valence-corrected chi connectivity index (χ3v) is 3.40. The van der Waals surface area contributed by atoms with Crippen LogP contribution in [0.15, 0.2) is 42.6 Å². The van der Waals surface area contributed by atoms with Crippen LogP contribution < -0.4 is 0 Å². The molecule has 0 saturated carbocycles. The fraction of sp³-hybridized carbons (Fsp3) is 0.312. The Balaban J connectivity index is 2.40. The van der Waals surface area contributed by atoms with Gasteiger partial charge in [0.05, 0.1) is 17.2 Å². The maximum atomic E-state index is 13.1. The van der Waals surface area contributed by atoms with Gasteiger partial charge in [-0.1, -0.05) is 25.5 Å². The van der Waals surface area contributed by atoms with Gasteiger partial charge in [-0.05, 0) is 36.2 Å². The van der Waals surface area contributed by atoms with Crippen LogP contribution in [0.5, 0.6) is 0 Å². The van der Waals surface area contributed by atoms with Gasteiger partial charge in [0.15, 0.2) is 0 Å². The minimum Gasteiger partial charge on any atom is -0.207 e. The summed E-state index contributed by atoms with van der Waals surface area (Å²) in [4.78, 5) is 0. The molecule has 4 heteroatoms. The Kier molecular flexibility index (Phi) is 4.41. The van der Waals surface area contributed by atoms with Gasteiger partial charge in [-0.2, -0.15) is 15.5 Å². The topological polar surface area (TPSA) is 49.6 Å². The van der Waals surface area contributed by atoms with Crippen molar-refractivity contribution in [1.82, 2.24) is 10.2 Å². The van der Waals surface area contributed by atoms with Gasteiger partial charge in [0.1, 0.15) is 5.82 Å². The second-order valence-electron chi connectivity index (χ2n) is 4.84. The second-order valence-corrected chi connectivity index (χ2v) is 4.84. The summed E-state index contributed by atoms with van der Waals surface area (Å²) in [5.41, 5.74) is 0.916. The van der Waals surface area contributed by atoms with Gasteiger partial charge in [-0.3, -0.25) is 0 Å². The lowest BCUT2D eigenvalue weighted by atomic mass is 9.74. The third kappa shape index (κ3) is 3.00. The second kappa shape index (κ2) is 6.25. The van der Waals surface area contributed by atoms with Crippen LogP contribution in [0.3, 0.4) is 0 Å². The van der Waals surface area contributed by atoms with Crippen molar-refractivity contribution in [2.45, 2.75) is 31.6 Å². The van der Waals surface area contributed by atoms with E-state index in [0.717, 1.165) is 17.7 Å². The first kappa shape index (κ1) is 14.1. The van der Waals surface area contributed by atoms with E-state index in [1.165, 1.54) is 12.1 Å². The zero-order valence-corrected chi connectivity index (χ0v) is 11.4. The van der Waals surface area contributed by atoms with Crippen molar-refractivity contribution >= 4 is 0 Å². The van der Waals surface area contributed by atoms with Crippen molar-refractivity contribution in [3.63, 3.8) is 0 Å². The Morgan fingerprint density at radius 2 is 2.00 bits per heavy atom. The summed E-state index contributed by atoms with van der Waals surface area (Å²) in [7, 11) is 0. The van der Waals surface area contributed by atoms with E-state index in [2.05, 4.69) is 16.3 Å². The molecular formula is C16H16FN3. The normalized spacial score (nSPS) is 13.4. The molecule has 102 valence electrons. The molecule has 1 unspecified atom stereocenters. The summed E-state index contributed by atoms with van der Waals surface area (Å²) in [5, 5.41) is 17.6. The van der Waals surface area contributed by atoms with Crippen molar-refractivity contribution in [3.8, 4) is 6.07 Å². The average molecular weight is 269 g/mol. The SMILES string of the molecule is CCCC(C#N)(Cc1cccnn1)c1ccc(F)cc1. The van der Waals surface area contributed by atoms with Crippen LogP contribution in [-0.2, 0) is 11.8 Å². The van der Waals surface area contributed by atoms with Crippen molar-refractivity contribution in [3.05, 3.63) is 59.7 Å². The lowest BCUT2D eigenvalue weighted by Gasteiger charge is -2.26. The molecule has 1 atom stereocenters. The van der Waals surface area contributed by atoms with Crippen LogP contribution in [0, 0.1) is 17.1 Å². The van der Waals surface area contributed by atoms with Crippen LogP contribution in [0.25, 0.3) is 0 Å². The van der Waals surface area contributed by atoms with Crippen LogP contribution >= 0.6 is 0 Å². The maximum absolute atomic E-state index is 13.1. The highest BCUT2D eigenvalue weighted by Gasteiger charge is 2.32. The standard InChI is InChI=1S/C16H16FN3/c1-2-9-16(12-18,11-15-4-3-10-19-20-15)13-5-7-14(17)8-6-13/h3-8,10H,2,9,11H2,1H3. The van der Waals surface area contributed by atoms with E-state index >= 15 is 0 Å². The molecule has 0 spiro atoms. The summed E-state index contributed by atoms with van der Waals surface area (Å²) in [6.45, 7) is 2.03. The molecule has 1 heterocycles. The van der Waals surface area contributed by atoms with Gasteiger partial charge < -0.3 is 0 Å². The largest absolute Gasteiger partial charge is 0.207 e. The molecule has 0 aliphatic rings. The number of nitrogens with zero attached hydrogens (tertiary/aromatic N) is 3. The van der Waals surface area contributed by atoms with Gasteiger partial charge in [-0.25, -0.2) is 4.39 Å². The number of hydrogen-bond donors (Lipinski definition) is 0. The minimum absolute atomic E-state index is 0.295. The van der Waals surface area contributed by atoms with E-state index in [1.807, 2.05) is 13.0 Å². The summed E-state index contributed by atoms with van der Waals surface area (Å²) in [6, 6.07) is 12.2. The fourth-order valence-corrected chi connectivity index (χ4v) is 2.43. The highest BCUT2D eigenvalue weighted by atomic mass is 19.1. The number of hydrogen-bond acceptors (Lipinski definition) is 3. The van der Waals surface area contributed by atoms with Gasteiger partial charge in [0.2, 0.25) is 0 Å². The summed E-state index contributed by atoms with van der Waals surface area (Å²) in [5.74, 6) is -0.295. The molecule has 0 N–H and O–H groups in total. The van der Waals surface area contributed by atoms with Gasteiger partial charge in [0, 0.05) is 12.6 Å². The third-order valence-electron chi connectivity index (χ3n) is 3.40. The molecule has 0 aliphatic heterocycles. The maximum Gasteiger partial charge on any atom is 0.123 e. The van der Waals surface area contributed by atoms with Crippen LogP contribution in [0.4, 0.5) is 4.39 Å². The zero-order valence-electron chi connectivity index (χ0n) is 11.4. The molecule has 0 amide bonds. The smallest absolute Gasteiger partial charge is 0.123 e. The first-order valence-corrected chi connectivity index (χ1v) is 6.64. The van der Waals surface area contributed by atoms with Crippen LogP contribution in [0.1, 0.15) is 31.0 Å². The molecule has 20 heavy (non-hydrogen) atoms. The molecule has 2 aromatic rings. The zero-order chi connectivity index (χ0) is 14.4. The Hall–Kier alpha value is -2.28. The molecule has 0 fully saturated rings. The van der Waals surface area contributed by atoms with Gasteiger partial charge in [0.25, 0.3) is 0 Å². The van der Waals surface area contributed by atoms with Crippen LogP contribution in [-0.4, -0.2) is 10.2 Å². The van der Waals surface area contributed by atoms with Crippen LogP contribution in [0.2, 0.25) is 0 Å². The Morgan fingerprint density at radius 1 is 1.25 bits per heavy atom. The average Bonchev–Trinajstić information content (AvgIpc) is 2.48. The minimum atomic E-state index is -0.682. The summed E-state index contributed by atoms with van der Waals surface area (Å²) < 4.78 is 13.1. The molecule has 1 aromatic carbocycles. The molecule has 3 nitrogen and oxygen atoms in total. The summed E-state index contributed by atoms with van der Waals surface area (Å²) >= 11 is 0. The van der Waals surface area contributed by atoms with E-state index < -0.39 is 5.41 Å². The lowest BCUT2D eigenvalue weighted by molar-refractivity contribution is 0.483. The van der Waals surface area contributed by atoms with Gasteiger partial charge >= 0.3 is 0 Å². The van der Waals surface area contributed by atoms with E-state index in [-0.39, 0.29) is 5.82 Å². The number of halogens is 1. The highest BCUT2D eigenvalue weighted by molar-refractivity contribution is 5.34. The predicted molar refractivity (Wildman–Crippen MR) is 74.3 cm³/mol. The fourth-order valence-electron chi connectivity index (χ4n) is 2.43. The van der Waals surface area contributed by atoms with E-state index in [4.69, 9.17) is 0 Å². The molecule has 0 radical (unpaired) electrons. The molecule has 2 rings (SSSR count). The Morgan fingerprint density at radius 3 is 2.55 bits per heavy atom. The monoisotopic (exact) mass is 269 g/mol. The quantitative estimate of drug-likeness (QED) is 0.835. The molecule has 0 aliphatic carbocycles. The molecule has 1 aromatic heterocycles. The van der Waals surface area contributed by atoms with Crippen molar-refractivity contribution in [2.24, 2.45) is 0 Å². The van der Waals surface area contributed by atoms with Crippen molar-refractivity contribution in [2.75, 3.05) is 0 Å². The van der Waals surface area contributed by atoms with Gasteiger partial charge in [-0.15, -0.1) is 0 Å². The molecule has 0 saturated heterocycles. The van der Waals surface area contributed by atoms with Crippen molar-refractivity contribution in [1.29, 1.82) is 5.26 Å². The van der Waals surface area contributed by atoms with E-state index in [9.17, 15) is 9.65 Å².